The number of carbonyl (C=O) groups is 2. The number of oxime groups is 1. The smallest absolute Gasteiger partial charge is 0.304 e. The predicted octanol–water partition coefficient (Wildman–Crippen LogP) is 5.06. The molecule has 0 heterocycles. The molecule has 214 valence electrons. The summed E-state index contributed by atoms with van der Waals surface area (Å²) in [7, 11) is 0. The van der Waals surface area contributed by atoms with Crippen molar-refractivity contribution in [2.24, 2.45) is 33.7 Å². The van der Waals surface area contributed by atoms with E-state index in [1.54, 1.807) is 0 Å². The maximum Gasteiger partial charge on any atom is 0.304 e. The van der Waals surface area contributed by atoms with E-state index in [4.69, 9.17) is 11.3 Å². The first-order valence-corrected chi connectivity index (χ1v) is 14.7. The lowest BCUT2D eigenvalue weighted by molar-refractivity contribution is -0.137. The van der Waals surface area contributed by atoms with Crippen molar-refractivity contribution in [2.75, 3.05) is 13.2 Å². The molecule has 5 rings (SSSR count). The molecule has 7 heteroatoms. The van der Waals surface area contributed by atoms with Crippen LogP contribution in [0.5, 0.6) is 0 Å². The van der Waals surface area contributed by atoms with Crippen LogP contribution in [0.25, 0.3) is 0 Å². The lowest BCUT2D eigenvalue weighted by Crippen LogP contribution is -2.54. The molecule has 3 fully saturated rings. The number of nitrogens with zero attached hydrogens (tertiary/aromatic N) is 1. The van der Waals surface area contributed by atoms with Crippen LogP contribution in [0.2, 0.25) is 0 Å². The van der Waals surface area contributed by atoms with Gasteiger partial charge in [0.25, 0.3) is 5.91 Å². The summed E-state index contributed by atoms with van der Waals surface area (Å²) in [5, 5.41) is 27.6. The number of hydrogen-bond acceptors (Lipinski definition) is 5. The number of amides is 1. The van der Waals surface area contributed by atoms with Gasteiger partial charge in [-0.25, -0.2) is 0 Å². The van der Waals surface area contributed by atoms with Crippen LogP contribution in [0.15, 0.2) is 47.1 Å². The molecular weight excluding hydrogens is 504 g/mol. The average molecular weight is 547 g/mol. The number of aliphatic carboxylic acids is 1. The number of carbonyl (C=O) groups excluding carboxylic acids is 1. The molecule has 4 aliphatic carbocycles. The molecule has 1 aromatic rings. The molecule has 7 atom stereocenters. The van der Waals surface area contributed by atoms with E-state index in [9.17, 15) is 19.8 Å². The van der Waals surface area contributed by atoms with E-state index in [1.165, 1.54) is 5.57 Å². The van der Waals surface area contributed by atoms with E-state index in [1.807, 2.05) is 30.3 Å². The van der Waals surface area contributed by atoms with Crippen LogP contribution in [0.4, 0.5) is 0 Å². The molecule has 0 aromatic heterocycles. The second-order valence-corrected chi connectivity index (χ2v) is 12.9. The number of terminal acetylenes is 1. The minimum Gasteiger partial charge on any atom is -0.481 e. The maximum absolute atomic E-state index is 12.4. The molecule has 0 aliphatic heterocycles. The Balaban J connectivity index is 1.17. The van der Waals surface area contributed by atoms with Crippen molar-refractivity contribution < 1.29 is 24.6 Å². The average Bonchev–Trinajstić information content (AvgIpc) is 3.22. The quantitative estimate of drug-likeness (QED) is 0.312. The van der Waals surface area contributed by atoms with Crippen molar-refractivity contribution in [3.63, 3.8) is 0 Å². The highest BCUT2D eigenvalue weighted by Crippen LogP contribution is 2.67. The van der Waals surface area contributed by atoms with Crippen LogP contribution in [0, 0.1) is 40.9 Å². The van der Waals surface area contributed by atoms with Crippen molar-refractivity contribution in [1.82, 2.24) is 5.32 Å². The van der Waals surface area contributed by atoms with Crippen LogP contribution in [0.1, 0.15) is 83.1 Å². The third-order valence-electron chi connectivity index (χ3n) is 11.0. The topological polar surface area (TPSA) is 108 Å². The van der Waals surface area contributed by atoms with Crippen molar-refractivity contribution in [3.05, 3.63) is 47.5 Å². The van der Waals surface area contributed by atoms with Gasteiger partial charge in [0.1, 0.15) is 5.60 Å². The highest BCUT2D eigenvalue weighted by Gasteiger charge is 2.63. The second-order valence-electron chi connectivity index (χ2n) is 12.9. The predicted molar refractivity (Wildman–Crippen MR) is 153 cm³/mol. The first kappa shape index (κ1) is 28.4. The lowest BCUT2D eigenvalue weighted by atomic mass is 9.46. The SMILES string of the molecule is C#C[C@@]1(O)CC[C@H]2[C@@H]3CCC4=C/C(=N\OCC(=O)NCC(CC(=O)O)c5ccccc5)CC[C@]4(C)[C@H]3CC[C@@]21C. The molecule has 3 saturated carbocycles. The monoisotopic (exact) mass is 546 g/mol. The molecule has 3 N–H and O–H groups in total. The Labute approximate surface area is 237 Å². The first-order chi connectivity index (χ1) is 19.1. The van der Waals surface area contributed by atoms with E-state index in [0.29, 0.717) is 24.2 Å². The molecule has 4 aliphatic rings. The fourth-order valence-corrected chi connectivity index (χ4v) is 8.60. The van der Waals surface area contributed by atoms with E-state index in [2.05, 4.69) is 36.3 Å². The van der Waals surface area contributed by atoms with Gasteiger partial charge >= 0.3 is 5.97 Å². The van der Waals surface area contributed by atoms with Crippen LogP contribution < -0.4 is 5.32 Å². The van der Waals surface area contributed by atoms with Crippen LogP contribution in [-0.4, -0.2) is 46.6 Å². The Hall–Kier alpha value is -3.11. The zero-order valence-electron chi connectivity index (χ0n) is 23.7. The van der Waals surface area contributed by atoms with Gasteiger partial charge in [0.2, 0.25) is 0 Å². The third-order valence-corrected chi connectivity index (χ3v) is 11.0. The minimum absolute atomic E-state index is 0.0631. The van der Waals surface area contributed by atoms with Gasteiger partial charge in [-0.2, -0.15) is 0 Å². The van der Waals surface area contributed by atoms with Gasteiger partial charge in [-0.05, 0) is 86.2 Å². The minimum atomic E-state index is -0.978. The van der Waals surface area contributed by atoms with Crippen LogP contribution >= 0.6 is 0 Å². The molecule has 7 nitrogen and oxygen atoms in total. The standard InChI is InChI=1S/C33H42N2O5/c1-4-33(39)17-14-28-26-11-10-24-19-25(12-15-31(24,2)27(26)13-16-32(28,33)3)35-40-21-29(36)34-20-23(18-30(37)38)22-8-6-5-7-9-22/h1,5-9,19,23,26-28,39H,10-18,20-21H2,2-3H3,(H,34,36)(H,37,38)/b35-25-/t23?,26-,27+,28+,31+,32+,33-/m1/s1. The Bertz CT molecular complexity index is 1230. The number of fused-ring (bicyclic) bond motifs is 5. The number of benzene rings is 1. The second kappa shape index (κ2) is 11.0. The normalized spacial score (nSPS) is 36.3. The van der Waals surface area contributed by atoms with Gasteiger partial charge in [0.15, 0.2) is 6.61 Å². The summed E-state index contributed by atoms with van der Waals surface area (Å²) in [6, 6.07) is 9.34. The molecule has 40 heavy (non-hydrogen) atoms. The summed E-state index contributed by atoms with van der Waals surface area (Å²) in [5.74, 6) is 2.87. The Kier molecular flexibility index (Phi) is 7.85. The zero-order chi connectivity index (χ0) is 28.5. The summed E-state index contributed by atoms with van der Waals surface area (Å²) < 4.78 is 0. The summed E-state index contributed by atoms with van der Waals surface area (Å²) in [4.78, 5) is 29.2. The molecule has 0 spiro atoms. The van der Waals surface area contributed by atoms with Gasteiger partial charge in [0, 0.05) is 17.9 Å². The fraction of sp³-hybridized carbons (Fsp3) is 0.606. The van der Waals surface area contributed by atoms with Gasteiger partial charge < -0.3 is 20.4 Å². The zero-order valence-corrected chi connectivity index (χ0v) is 23.7. The Morgan fingerprint density at radius 1 is 1.12 bits per heavy atom. The molecule has 1 amide bonds. The summed E-state index contributed by atoms with van der Waals surface area (Å²) >= 11 is 0. The van der Waals surface area contributed by atoms with E-state index >= 15 is 0 Å². The van der Waals surface area contributed by atoms with Gasteiger partial charge in [-0.1, -0.05) is 60.8 Å². The third kappa shape index (κ3) is 5.07. The first-order valence-electron chi connectivity index (χ1n) is 14.7. The highest BCUT2D eigenvalue weighted by molar-refractivity contribution is 5.96. The largest absolute Gasteiger partial charge is 0.481 e. The lowest BCUT2D eigenvalue weighted by Gasteiger charge is -2.58. The fourth-order valence-electron chi connectivity index (χ4n) is 8.60. The molecule has 0 bridgehead atoms. The molecule has 0 saturated heterocycles. The van der Waals surface area contributed by atoms with E-state index in [0.717, 1.165) is 56.2 Å². The van der Waals surface area contributed by atoms with E-state index in [-0.39, 0.29) is 42.2 Å². The summed E-state index contributed by atoms with van der Waals surface area (Å²) in [6.07, 6.45) is 15.7. The van der Waals surface area contributed by atoms with Gasteiger partial charge in [0.05, 0.1) is 12.1 Å². The van der Waals surface area contributed by atoms with Crippen molar-refractivity contribution >= 4 is 17.6 Å². The number of allylic oxidation sites excluding steroid dienone is 2. The van der Waals surface area contributed by atoms with Crippen molar-refractivity contribution in [1.29, 1.82) is 0 Å². The van der Waals surface area contributed by atoms with Crippen molar-refractivity contribution in [2.45, 2.75) is 83.2 Å². The molecule has 1 aromatic carbocycles. The Morgan fingerprint density at radius 3 is 2.60 bits per heavy atom. The molecular formula is C33H42N2O5. The van der Waals surface area contributed by atoms with Gasteiger partial charge in [-0.3, -0.25) is 9.59 Å². The molecule has 1 unspecified atom stereocenters. The number of hydrogen-bond donors (Lipinski definition) is 3. The summed E-state index contributed by atoms with van der Waals surface area (Å²) in [5.41, 5.74) is 2.13. The van der Waals surface area contributed by atoms with Crippen LogP contribution in [-0.2, 0) is 14.4 Å². The summed E-state index contributed by atoms with van der Waals surface area (Å²) in [6.45, 7) is 4.65. The number of aliphatic hydroxyl groups is 1. The number of nitrogens with one attached hydrogen (secondary N) is 1. The maximum atomic E-state index is 12.4. The number of carboxylic acid groups (broad SMARTS) is 1. The van der Waals surface area contributed by atoms with E-state index < -0.39 is 11.6 Å². The van der Waals surface area contributed by atoms with Gasteiger partial charge in [-0.15, -0.1) is 6.42 Å². The van der Waals surface area contributed by atoms with Crippen LogP contribution in [0.3, 0.4) is 0 Å². The number of carboxylic acids is 1. The molecule has 0 radical (unpaired) electrons. The van der Waals surface area contributed by atoms with Crippen molar-refractivity contribution in [3.8, 4) is 12.3 Å². The number of rotatable bonds is 8. The Morgan fingerprint density at radius 2 is 1.88 bits per heavy atom. The highest BCUT2D eigenvalue weighted by atomic mass is 16.6.